The van der Waals surface area contributed by atoms with Gasteiger partial charge < -0.3 is 5.32 Å². The van der Waals surface area contributed by atoms with Crippen molar-refractivity contribution in [3.8, 4) is 0 Å². The molecule has 1 aliphatic rings. The summed E-state index contributed by atoms with van der Waals surface area (Å²) in [6, 6.07) is 13.4. The number of carbonyl (C=O) groups excluding carboxylic acids is 1. The number of rotatable bonds is 7. The number of hydrogen-bond acceptors (Lipinski definition) is 5. The van der Waals surface area contributed by atoms with E-state index in [1.807, 2.05) is 24.3 Å². The van der Waals surface area contributed by atoms with Crippen LogP contribution in [-0.4, -0.2) is 42.4 Å². The first-order valence-corrected chi connectivity index (χ1v) is 10.6. The van der Waals surface area contributed by atoms with Crippen molar-refractivity contribution in [3.05, 3.63) is 75.3 Å². The van der Waals surface area contributed by atoms with Crippen molar-refractivity contribution < 1.29 is 18.1 Å². The van der Waals surface area contributed by atoms with Crippen LogP contribution in [0.4, 0.5) is 5.69 Å². The van der Waals surface area contributed by atoms with Crippen LogP contribution in [0.5, 0.6) is 0 Å². The van der Waals surface area contributed by atoms with Gasteiger partial charge in [0.1, 0.15) is 5.56 Å². The number of nitrogens with zero attached hydrogens (tertiary/aromatic N) is 2. The van der Waals surface area contributed by atoms with E-state index in [1.165, 1.54) is 28.1 Å². The van der Waals surface area contributed by atoms with Crippen LogP contribution in [0.25, 0.3) is 0 Å². The minimum absolute atomic E-state index is 0.0389. The number of sulfonamides is 1. The molecule has 2 aromatic rings. The molecule has 1 amide bonds. The van der Waals surface area contributed by atoms with Crippen molar-refractivity contribution in [1.29, 1.82) is 0 Å². The van der Waals surface area contributed by atoms with Gasteiger partial charge in [-0.15, -0.1) is 0 Å². The van der Waals surface area contributed by atoms with Crippen LogP contribution < -0.4 is 5.32 Å². The second-order valence-corrected chi connectivity index (χ2v) is 8.64. The monoisotopic (exact) mass is 403 g/mol. The molecule has 3 rings (SSSR count). The molecular formula is C19H21N3O5S. The molecule has 0 bridgehead atoms. The Morgan fingerprint density at radius 1 is 1.11 bits per heavy atom. The van der Waals surface area contributed by atoms with Gasteiger partial charge in [0.2, 0.25) is 10.0 Å². The number of carbonyl (C=O) groups is 1. The lowest BCUT2D eigenvalue weighted by atomic mass is 10.0. The first-order chi connectivity index (χ1) is 13.4. The molecule has 0 radical (unpaired) electrons. The Morgan fingerprint density at radius 3 is 2.54 bits per heavy atom. The summed E-state index contributed by atoms with van der Waals surface area (Å²) in [5.74, 6) is -0.677. The van der Waals surface area contributed by atoms with Gasteiger partial charge in [0, 0.05) is 25.7 Å². The summed E-state index contributed by atoms with van der Waals surface area (Å²) in [5, 5.41) is 13.6. The minimum atomic E-state index is -3.44. The molecule has 8 nitrogen and oxygen atoms in total. The van der Waals surface area contributed by atoms with Crippen LogP contribution in [0.3, 0.4) is 0 Å². The van der Waals surface area contributed by atoms with Gasteiger partial charge in [-0.05, 0) is 30.0 Å². The van der Waals surface area contributed by atoms with Gasteiger partial charge in [-0.3, -0.25) is 14.9 Å². The van der Waals surface area contributed by atoms with Gasteiger partial charge in [-0.1, -0.05) is 36.4 Å². The van der Waals surface area contributed by atoms with E-state index >= 15 is 0 Å². The van der Waals surface area contributed by atoms with Crippen molar-refractivity contribution in [3.63, 3.8) is 0 Å². The van der Waals surface area contributed by atoms with Crippen LogP contribution >= 0.6 is 0 Å². The molecule has 1 N–H and O–H groups in total. The lowest BCUT2D eigenvalue weighted by Gasteiger charge is -2.28. The normalized spacial score (nSPS) is 14.3. The summed E-state index contributed by atoms with van der Waals surface area (Å²) >= 11 is 0. The number of para-hydroxylation sites is 1. The van der Waals surface area contributed by atoms with Gasteiger partial charge in [0.05, 0.1) is 10.7 Å². The molecule has 0 saturated carbocycles. The predicted octanol–water partition coefficient (Wildman–Crippen LogP) is 2.10. The fourth-order valence-electron chi connectivity index (χ4n) is 3.21. The predicted molar refractivity (Wildman–Crippen MR) is 104 cm³/mol. The van der Waals surface area contributed by atoms with Crippen LogP contribution in [0.15, 0.2) is 48.5 Å². The second-order valence-electron chi connectivity index (χ2n) is 6.55. The van der Waals surface area contributed by atoms with Crippen molar-refractivity contribution in [1.82, 2.24) is 9.62 Å². The highest BCUT2D eigenvalue weighted by atomic mass is 32.2. The van der Waals surface area contributed by atoms with E-state index in [1.54, 1.807) is 6.07 Å². The van der Waals surface area contributed by atoms with Crippen LogP contribution in [-0.2, 0) is 23.0 Å². The number of nitro groups is 1. The smallest absolute Gasteiger partial charge is 0.282 e. The zero-order valence-corrected chi connectivity index (χ0v) is 16.0. The Hall–Kier alpha value is -2.78. The number of amides is 1. The third-order valence-corrected chi connectivity index (χ3v) is 6.60. The Kier molecular flexibility index (Phi) is 6.05. The lowest BCUT2D eigenvalue weighted by molar-refractivity contribution is -0.385. The Bertz CT molecular complexity index is 991. The quantitative estimate of drug-likeness (QED) is 0.432. The molecule has 1 aliphatic heterocycles. The molecule has 28 heavy (non-hydrogen) atoms. The largest absolute Gasteiger partial charge is 0.352 e. The van der Waals surface area contributed by atoms with E-state index in [0.29, 0.717) is 19.5 Å². The van der Waals surface area contributed by atoms with E-state index in [0.717, 1.165) is 5.56 Å². The second kappa shape index (κ2) is 8.49. The highest BCUT2D eigenvalue weighted by Crippen LogP contribution is 2.21. The zero-order chi connectivity index (χ0) is 20.1. The Morgan fingerprint density at radius 2 is 1.79 bits per heavy atom. The summed E-state index contributed by atoms with van der Waals surface area (Å²) in [7, 11) is -3.44. The van der Waals surface area contributed by atoms with Crippen molar-refractivity contribution in [2.75, 3.05) is 18.8 Å². The van der Waals surface area contributed by atoms with Gasteiger partial charge in [0.25, 0.3) is 11.6 Å². The summed E-state index contributed by atoms with van der Waals surface area (Å²) in [6.45, 7) is 0.928. The van der Waals surface area contributed by atoms with E-state index in [9.17, 15) is 23.3 Å². The highest BCUT2D eigenvalue weighted by molar-refractivity contribution is 7.89. The third-order valence-electron chi connectivity index (χ3n) is 4.70. The van der Waals surface area contributed by atoms with E-state index in [4.69, 9.17) is 0 Å². The maximum atomic E-state index is 12.6. The summed E-state index contributed by atoms with van der Waals surface area (Å²) < 4.78 is 26.6. The average Bonchev–Trinajstić information content (AvgIpc) is 2.70. The SMILES string of the molecule is O=C(NCCCS(=O)(=O)N1CCc2ccccc2C1)c1ccccc1[N+](=O)[O-]. The van der Waals surface area contributed by atoms with Crippen molar-refractivity contribution in [2.45, 2.75) is 19.4 Å². The number of nitro benzene ring substituents is 1. The summed E-state index contributed by atoms with van der Waals surface area (Å²) in [4.78, 5) is 22.5. The molecule has 0 fully saturated rings. The number of nitrogens with one attached hydrogen (secondary N) is 1. The molecule has 0 unspecified atom stereocenters. The summed E-state index contributed by atoms with van der Waals surface area (Å²) in [6.07, 6.45) is 0.913. The molecule has 2 aromatic carbocycles. The molecule has 0 saturated heterocycles. The fraction of sp³-hybridized carbons (Fsp3) is 0.316. The first-order valence-electron chi connectivity index (χ1n) is 8.95. The van der Waals surface area contributed by atoms with Crippen LogP contribution in [0.2, 0.25) is 0 Å². The third kappa shape index (κ3) is 4.55. The highest BCUT2D eigenvalue weighted by Gasteiger charge is 2.26. The molecule has 148 valence electrons. The summed E-state index contributed by atoms with van der Waals surface area (Å²) in [5.41, 5.74) is 1.87. The van der Waals surface area contributed by atoms with Gasteiger partial charge in [-0.2, -0.15) is 4.31 Å². The molecule has 0 aliphatic carbocycles. The first kappa shape index (κ1) is 20.0. The maximum Gasteiger partial charge on any atom is 0.282 e. The van der Waals surface area contributed by atoms with Gasteiger partial charge >= 0.3 is 0 Å². The Balaban J connectivity index is 1.52. The molecule has 9 heteroatoms. The molecule has 0 spiro atoms. The van der Waals surface area contributed by atoms with Crippen LogP contribution in [0.1, 0.15) is 27.9 Å². The molecule has 0 atom stereocenters. The number of benzene rings is 2. The van der Waals surface area contributed by atoms with Crippen molar-refractivity contribution in [2.24, 2.45) is 0 Å². The van der Waals surface area contributed by atoms with Crippen molar-refractivity contribution >= 4 is 21.6 Å². The lowest BCUT2D eigenvalue weighted by Crippen LogP contribution is -2.38. The number of hydrogen-bond donors (Lipinski definition) is 1. The zero-order valence-electron chi connectivity index (χ0n) is 15.2. The molecule has 0 aromatic heterocycles. The van der Waals surface area contributed by atoms with E-state index < -0.39 is 20.9 Å². The van der Waals surface area contributed by atoms with Gasteiger partial charge in [-0.25, -0.2) is 8.42 Å². The molecular weight excluding hydrogens is 382 g/mol. The standard InChI is InChI=1S/C19H21N3O5S/c23-19(17-8-3-4-9-18(17)22(24)25)20-11-5-13-28(26,27)21-12-10-15-6-1-2-7-16(15)14-21/h1-4,6-9H,5,10-14H2,(H,20,23). The van der Waals surface area contributed by atoms with E-state index in [2.05, 4.69) is 5.32 Å². The maximum absolute atomic E-state index is 12.6. The average molecular weight is 403 g/mol. The van der Waals surface area contributed by atoms with E-state index in [-0.39, 0.29) is 30.0 Å². The van der Waals surface area contributed by atoms with Crippen LogP contribution in [0, 0.1) is 10.1 Å². The minimum Gasteiger partial charge on any atom is -0.352 e. The fourth-order valence-corrected chi connectivity index (χ4v) is 4.69. The molecule has 1 heterocycles. The number of fused-ring (bicyclic) bond motifs is 1. The Labute approximate surface area is 163 Å². The van der Waals surface area contributed by atoms with Gasteiger partial charge in [0.15, 0.2) is 0 Å². The topological polar surface area (TPSA) is 110 Å².